The van der Waals surface area contributed by atoms with Gasteiger partial charge in [0.15, 0.2) is 0 Å². The smallest absolute Gasteiger partial charge is 0.0710 e. The Morgan fingerprint density at radius 2 is 1.82 bits per heavy atom. The van der Waals surface area contributed by atoms with Crippen molar-refractivity contribution in [2.75, 3.05) is 26.7 Å². The van der Waals surface area contributed by atoms with E-state index in [1.165, 1.54) is 57.9 Å². The first-order chi connectivity index (χ1) is 8.30. The summed E-state index contributed by atoms with van der Waals surface area (Å²) in [5.41, 5.74) is 6.43. The highest BCUT2D eigenvalue weighted by molar-refractivity contribution is 4.96. The molecular formula is C14H28N2O. The molecule has 2 rings (SSSR count). The normalized spacial score (nSPS) is 31.1. The van der Waals surface area contributed by atoms with Crippen molar-refractivity contribution in [2.45, 2.75) is 63.0 Å². The third-order valence-electron chi connectivity index (χ3n) is 4.81. The van der Waals surface area contributed by atoms with Crippen molar-refractivity contribution < 1.29 is 4.74 Å². The van der Waals surface area contributed by atoms with Gasteiger partial charge in [0.2, 0.25) is 0 Å². The second kappa shape index (κ2) is 6.17. The number of nitrogens with two attached hydrogens (primary N) is 1. The van der Waals surface area contributed by atoms with E-state index < -0.39 is 0 Å². The van der Waals surface area contributed by atoms with Crippen molar-refractivity contribution in [2.24, 2.45) is 5.73 Å². The third kappa shape index (κ3) is 3.01. The van der Waals surface area contributed by atoms with Crippen LogP contribution in [0.25, 0.3) is 0 Å². The molecule has 0 spiro atoms. The topological polar surface area (TPSA) is 38.5 Å². The van der Waals surface area contributed by atoms with Gasteiger partial charge in [-0.2, -0.15) is 0 Å². The fraction of sp³-hybridized carbons (Fsp3) is 1.00. The summed E-state index contributed by atoms with van der Waals surface area (Å²) in [6, 6.07) is 0. The minimum atomic E-state index is 0.285. The van der Waals surface area contributed by atoms with E-state index in [0.29, 0.717) is 6.10 Å². The van der Waals surface area contributed by atoms with Crippen molar-refractivity contribution in [3.05, 3.63) is 0 Å². The zero-order chi connectivity index (χ0) is 12.1. The average Bonchev–Trinajstić information content (AvgIpc) is 2.79. The van der Waals surface area contributed by atoms with Crippen LogP contribution < -0.4 is 5.73 Å². The zero-order valence-electron chi connectivity index (χ0n) is 11.3. The summed E-state index contributed by atoms with van der Waals surface area (Å²) in [4.78, 5) is 2.63. The fourth-order valence-corrected chi connectivity index (χ4v) is 3.56. The van der Waals surface area contributed by atoms with E-state index in [1.807, 2.05) is 7.11 Å². The Balaban J connectivity index is 2.01. The van der Waals surface area contributed by atoms with Crippen LogP contribution in [0.15, 0.2) is 0 Å². The monoisotopic (exact) mass is 240 g/mol. The molecule has 2 fully saturated rings. The molecule has 2 aliphatic rings. The van der Waals surface area contributed by atoms with Crippen molar-refractivity contribution in [3.63, 3.8) is 0 Å². The van der Waals surface area contributed by atoms with Crippen LogP contribution >= 0.6 is 0 Å². The van der Waals surface area contributed by atoms with Gasteiger partial charge in [0.1, 0.15) is 0 Å². The molecule has 100 valence electrons. The maximum absolute atomic E-state index is 6.14. The molecule has 1 aliphatic carbocycles. The summed E-state index contributed by atoms with van der Waals surface area (Å²) in [5.74, 6) is 0. The van der Waals surface area contributed by atoms with Gasteiger partial charge in [0.25, 0.3) is 0 Å². The molecule has 17 heavy (non-hydrogen) atoms. The lowest BCUT2D eigenvalue weighted by molar-refractivity contribution is 0.0580. The molecule has 3 heteroatoms. The maximum Gasteiger partial charge on any atom is 0.0710 e. The highest BCUT2D eigenvalue weighted by Crippen LogP contribution is 2.33. The largest absolute Gasteiger partial charge is 0.380 e. The Hall–Kier alpha value is -0.120. The second-order valence-corrected chi connectivity index (χ2v) is 5.79. The molecule has 0 bridgehead atoms. The molecule has 0 amide bonds. The SMILES string of the molecule is COC1CCN(C2(CN)CCCCCCC2)C1. The molecule has 0 aromatic rings. The number of rotatable bonds is 3. The molecule has 1 atom stereocenters. The van der Waals surface area contributed by atoms with Gasteiger partial charge in [-0.25, -0.2) is 0 Å². The van der Waals surface area contributed by atoms with E-state index in [2.05, 4.69) is 4.90 Å². The Bertz CT molecular complexity index is 224. The number of nitrogens with zero attached hydrogens (tertiary/aromatic N) is 1. The first kappa shape index (κ1) is 13.3. The molecular weight excluding hydrogens is 212 g/mol. The molecule has 0 aromatic heterocycles. The standard InChI is InChI=1S/C14H28N2O/c1-17-13-7-10-16(11-13)14(12-15)8-5-3-2-4-6-9-14/h13H,2-12,15H2,1H3. The number of hydrogen-bond donors (Lipinski definition) is 1. The first-order valence-corrected chi connectivity index (χ1v) is 7.29. The number of ether oxygens (including phenoxy) is 1. The maximum atomic E-state index is 6.14. The zero-order valence-corrected chi connectivity index (χ0v) is 11.3. The Morgan fingerprint density at radius 1 is 1.18 bits per heavy atom. The Morgan fingerprint density at radius 3 is 2.35 bits per heavy atom. The Labute approximate surface area is 106 Å². The number of methoxy groups -OCH3 is 1. The summed E-state index contributed by atoms with van der Waals surface area (Å²) in [7, 11) is 1.83. The summed E-state index contributed by atoms with van der Waals surface area (Å²) >= 11 is 0. The molecule has 1 heterocycles. The van der Waals surface area contributed by atoms with E-state index in [0.717, 1.165) is 13.1 Å². The van der Waals surface area contributed by atoms with E-state index >= 15 is 0 Å². The van der Waals surface area contributed by atoms with E-state index in [1.54, 1.807) is 0 Å². The molecule has 2 N–H and O–H groups in total. The van der Waals surface area contributed by atoms with Crippen LogP contribution in [0.3, 0.4) is 0 Å². The fourth-order valence-electron chi connectivity index (χ4n) is 3.56. The van der Waals surface area contributed by atoms with Crippen molar-refractivity contribution >= 4 is 0 Å². The van der Waals surface area contributed by atoms with Crippen LogP contribution in [0.2, 0.25) is 0 Å². The summed E-state index contributed by atoms with van der Waals surface area (Å²) in [6.07, 6.45) is 11.1. The van der Waals surface area contributed by atoms with Gasteiger partial charge in [-0.05, 0) is 19.3 Å². The van der Waals surface area contributed by atoms with Gasteiger partial charge in [-0.15, -0.1) is 0 Å². The van der Waals surface area contributed by atoms with E-state index in [-0.39, 0.29) is 5.54 Å². The molecule has 0 radical (unpaired) electrons. The summed E-state index contributed by atoms with van der Waals surface area (Å²) in [6.45, 7) is 3.09. The minimum Gasteiger partial charge on any atom is -0.380 e. The minimum absolute atomic E-state index is 0.285. The lowest BCUT2D eigenvalue weighted by atomic mass is 9.82. The van der Waals surface area contributed by atoms with Crippen LogP contribution in [-0.2, 0) is 4.74 Å². The van der Waals surface area contributed by atoms with Crippen LogP contribution in [-0.4, -0.2) is 43.3 Å². The molecule has 1 unspecified atom stereocenters. The predicted octanol–water partition coefficient (Wildman–Crippen LogP) is 2.15. The average molecular weight is 240 g/mol. The lowest BCUT2D eigenvalue weighted by Crippen LogP contribution is -2.53. The first-order valence-electron chi connectivity index (χ1n) is 7.29. The predicted molar refractivity (Wildman–Crippen MR) is 71.1 cm³/mol. The van der Waals surface area contributed by atoms with Gasteiger partial charge in [-0.3, -0.25) is 4.90 Å². The van der Waals surface area contributed by atoms with Crippen molar-refractivity contribution in [1.82, 2.24) is 4.90 Å². The molecule has 1 aliphatic heterocycles. The molecule has 0 aromatic carbocycles. The van der Waals surface area contributed by atoms with Crippen LogP contribution in [0, 0.1) is 0 Å². The van der Waals surface area contributed by atoms with Gasteiger partial charge >= 0.3 is 0 Å². The van der Waals surface area contributed by atoms with Gasteiger partial charge in [-0.1, -0.05) is 32.1 Å². The quantitative estimate of drug-likeness (QED) is 0.821. The second-order valence-electron chi connectivity index (χ2n) is 5.79. The van der Waals surface area contributed by atoms with Crippen molar-refractivity contribution in [1.29, 1.82) is 0 Å². The molecule has 3 nitrogen and oxygen atoms in total. The lowest BCUT2D eigenvalue weighted by Gasteiger charge is -2.42. The summed E-state index contributed by atoms with van der Waals surface area (Å²) < 4.78 is 5.50. The van der Waals surface area contributed by atoms with Crippen LogP contribution in [0.1, 0.15) is 51.4 Å². The molecule has 1 saturated heterocycles. The summed E-state index contributed by atoms with van der Waals surface area (Å²) in [5, 5.41) is 0. The van der Waals surface area contributed by atoms with Crippen LogP contribution in [0.5, 0.6) is 0 Å². The van der Waals surface area contributed by atoms with E-state index in [9.17, 15) is 0 Å². The van der Waals surface area contributed by atoms with Crippen molar-refractivity contribution in [3.8, 4) is 0 Å². The third-order valence-corrected chi connectivity index (χ3v) is 4.81. The number of hydrogen-bond acceptors (Lipinski definition) is 3. The van der Waals surface area contributed by atoms with Gasteiger partial charge < -0.3 is 10.5 Å². The molecule has 1 saturated carbocycles. The highest BCUT2D eigenvalue weighted by Gasteiger charge is 2.39. The Kier molecular flexibility index (Phi) is 4.83. The highest BCUT2D eigenvalue weighted by atomic mass is 16.5. The van der Waals surface area contributed by atoms with Gasteiger partial charge in [0, 0.05) is 32.3 Å². The number of likely N-dealkylation sites (tertiary alicyclic amines) is 1. The van der Waals surface area contributed by atoms with Gasteiger partial charge in [0.05, 0.1) is 6.10 Å². The van der Waals surface area contributed by atoms with Crippen LogP contribution in [0.4, 0.5) is 0 Å². The van der Waals surface area contributed by atoms with E-state index in [4.69, 9.17) is 10.5 Å².